The quantitative estimate of drug-likeness (QED) is 0.701. The van der Waals surface area contributed by atoms with Gasteiger partial charge in [0.2, 0.25) is 0 Å². The van der Waals surface area contributed by atoms with Crippen molar-refractivity contribution >= 4 is 5.97 Å². The fourth-order valence-corrected chi connectivity index (χ4v) is 1.17. The van der Waals surface area contributed by atoms with Crippen molar-refractivity contribution in [3.8, 4) is 0 Å². The van der Waals surface area contributed by atoms with Gasteiger partial charge in [0.15, 0.2) is 0 Å². The first-order valence-corrected chi connectivity index (χ1v) is 4.40. The predicted octanol–water partition coefficient (Wildman–Crippen LogP) is 1.45. The number of carboxylic acid groups (broad SMARTS) is 1. The number of nitrogens with zero attached hydrogens (tertiary/aromatic N) is 2. The Hall–Kier alpha value is -1.32. The van der Waals surface area contributed by atoms with Crippen LogP contribution in [0.5, 0.6) is 0 Å². The van der Waals surface area contributed by atoms with E-state index in [1.165, 1.54) is 0 Å². The number of hydrogen-bond donors (Lipinski definition) is 1. The predicted molar refractivity (Wildman–Crippen MR) is 48.5 cm³/mol. The fraction of sp³-hybridized carbons (Fsp3) is 0.556. The number of carbonyl (C=O) groups is 1. The Labute approximate surface area is 77.2 Å². The molecular formula is C9H14N2O2. The third kappa shape index (κ3) is 3.27. The highest BCUT2D eigenvalue weighted by Crippen LogP contribution is 2.01. The smallest absolute Gasteiger partial charge is 0.303 e. The summed E-state index contributed by atoms with van der Waals surface area (Å²) in [5.74, 6) is -0.725. The van der Waals surface area contributed by atoms with Crippen LogP contribution < -0.4 is 0 Å². The van der Waals surface area contributed by atoms with E-state index in [-0.39, 0.29) is 6.42 Å². The van der Waals surface area contributed by atoms with Crippen LogP contribution >= 0.6 is 0 Å². The van der Waals surface area contributed by atoms with Crippen LogP contribution in [0.4, 0.5) is 0 Å². The van der Waals surface area contributed by atoms with Gasteiger partial charge in [0.25, 0.3) is 0 Å². The molecule has 1 N–H and O–H groups in total. The van der Waals surface area contributed by atoms with Gasteiger partial charge >= 0.3 is 5.97 Å². The standard InChI is InChI=1S/C9H14N2O2/c1-8-5-6-10-11(8)7-3-2-4-9(12)13/h5-6H,2-4,7H2,1H3,(H,12,13). The number of aliphatic carboxylic acids is 1. The van der Waals surface area contributed by atoms with Crippen LogP contribution in [-0.2, 0) is 11.3 Å². The van der Waals surface area contributed by atoms with E-state index in [4.69, 9.17) is 5.11 Å². The summed E-state index contributed by atoms with van der Waals surface area (Å²) in [6.45, 7) is 2.80. The monoisotopic (exact) mass is 182 g/mol. The maximum Gasteiger partial charge on any atom is 0.303 e. The van der Waals surface area contributed by atoms with Gasteiger partial charge in [-0.25, -0.2) is 0 Å². The Kier molecular flexibility index (Phi) is 3.49. The maximum absolute atomic E-state index is 10.2. The van der Waals surface area contributed by atoms with Crippen molar-refractivity contribution < 1.29 is 9.90 Å². The number of hydrogen-bond acceptors (Lipinski definition) is 2. The number of rotatable bonds is 5. The molecule has 0 atom stereocenters. The number of aryl methyl sites for hydroxylation is 2. The molecule has 0 aliphatic heterocycles. The van der Waals surface area contributed by atoms with E-state index in [1.807, 2.05) is 17.7 Å². The summed E-state index contributed by atoms with van der Waals surface area (Å²) < 4.78 is 1.89. The summed E-state index contributed by atoms with van der Waals surface area (Å²) in [5.41, 5.74) is 1.12. The van der Waals surface area contributed by atoms with Gasteiger partial charge in [-0.05, 0) is 25.8 Å². The van der Waals surface area contributed by atoms with Gasteiger partial charge in [-0.1, -0.05) is 0 Å². The first-order valence-electron chi connectivity index (χ1n) is 4.40. The molecule has 0 radical (unpaired) electrons. The number of aromatic nitrogens is 2. The normalized spacial score (nSPS) is 10.2. The van der Waals surface area contributed by atoms with Gasteiger partial charge in [-0.15, -0.1) is 0 Å². The average Bonchev–Trinajstić information content (AvgIpc) is 2.45. The van der Waals surface area contributed by atoms with Crippen molar-refractivity contribution in [3.05, 3.63) is 18.0 Å². The summed E-state index contributed by atoms with van der Waals surface area (Å²) in [4.78, 5) is 10.2. The van der Waals surface area contributed by atoms with Crippen molar-refractivity contribution in [1.29, 1.82) is 0 Å². The van der Waals surface area contributed by atoms with Crippen LogP contribution in [0.1, 0.15) is 25.0 Å². The van der Waals surface area contributed by atoms with Crippen LogP contribution in [0, 0.1) is 6.92 Å². The molecule has 72 valence electrons. The molecule has 13 heavy (non-hydrogen) atoms. The Bertz CT molecular complexity index is 281. The van der Waals surface area contributed by atoms with E-state index in [0.29, 0.717) is 6.42 Å². The third-order valence-electron chi connectivity index (χ3n) is 1.94. The summed E-state index contributed by atoms with van der Waals surface area (Å²) in [7, 11) is 0. The van der Waals surface area contributed by atoms with Gasteiger partial charge < -0.3 is 5.11 Å². The van der Waals surface area contributed by atoms with E-state index in [2.05, 4.69) is 5.10 Å². The minimum absolute atomic E-state index is 0.250. The van der Waals surface area contributed by atoms with Gasteiger partial charge in [0.1, 0.15) is 0 Å². The van der Waals surface area contributed by atoms with Crippen molar-refractivity contribution in [3.63, 3.8) is 0 Å². The average molecular weight is 182 g/mol. The molecule has 1 aromatic rings. The fourth-order valence-electron chi connectivity index (χ4n) is 1.17. The first-order chi connectivity index (χ1) is 6.20. The minimum Gasteiger partial charge on any atom is -0.481 e. The van der Waals surface area contributed by atoms with Crippen LogP contribution in [0.3, 0.4) is 0 Å². The van der Waals surface area contributed by atoms with Gasteiger partial charge in [-0.2, -0.15) is 5.10 Å². The largest absolute Gasteiger partial charge is 0.481 e. The lowest BCUT2D eigenvalue weighted by Gasteiger charge is -2.02. The highest BCUT2D eigenvalue weighted by molar-refractivity contribution is 5.66. The molecule has 0 aliphatic carbocycles. The Morgan fingerprint density at radius 3 is 2.92 bits per heavy atom. The molecule has 0 aliphatic rings. The molecule has 0 saturated carbocycles. The highest BCUT2D eigenvalue weighted by Gasteiger charge is 1.98. The molecule has 4 nitrogen and oxygen atoms in total. The lowest BCUT2D eigenvalue weighted by atomic mass is 10.2. The molecular weight excluding hydrogens is 168 g/mol. The van der Waals surface area contributed by atoms with Crippen LogP contribution in [0.25, 0.3) is 0 Å². The van der Waals surface area contributed by atoms with E-state index in [1.54, 1.807) is 6.20 Å². The molecule has 0 amide bonds. The zero-order chi connectivity index (χ0) is 9.68. The summed E-state index contributed by atoms with van der Waals surface area (Å²) in [5, 5.41) is 12.5. The number of unbranched alkanes of at least 4 members (excludes halogenated alkanes) is 1. The molecule has 0 spiro atoms. The van der Waals surface area contributed by atoms with Gasteiger partial charge in [-0.3, -0.25) is 9.48 Å². The maximum atomic E-state index is 10.2. The van der Waals surface area contributed by atoms with Crippen molar-refractivity contribution in [1.82, 2.24) is 9.78 Å². The van der Waals surface area contributed by atoms with Crippen molar-refractivity contribution in [2.75, 3.05) is 0 Å². The SMILES string of the molecule is Cc1ccnn1CCCCC(=O)O. The van der Waals surface area contributed by atoms with Crippen LogP contribution in [-0.4, -0.2) is 20.9 Å². The molecule has 4 heteroatoms. The van der Waals surface area contributed by atoms with Gasteiger partial charge in [0.05, 0.1) is 0 Å². The molecule has 0 bridgehead atoms. The molecule has 1 rings (SSSR count). The molecule has 0 fully saturated rings. The van der Waals surface area contributed by atoms with E-state index in [0.717, 1.165) is 18.7 Å². The van der Waals surface area contributed by atoms with E-state index >= 15 is 0 Å². The topological polar surface area (TPSA) is 55.1 Å². The number of carboxylic acids is 1. The van der Waals surface area contributed by atoms with E-state index in [9.17, 15) is 4.79 Å². The van der Waals surface area contributed by atoms with E-state index < -0.39 is 5.97 Å². The Morgan fingerprint density at radius 1 is 1.62 bits per heavy atom. The zero-order valence-corrected chi connectivity index (χ0v) is 7.73. The minimum atomic E-state index is -0.725. The second-order valence-corrected chi connectivity index (χ2v) is 3.05. The Morgan fingerprint density at radius 2 is 2.38 bits per heavy atom. The van der Waals surface area contributed by atoms with Gasteiger partial charge in [0, 0.05) is 24.9 Å². The second kappa shape index (κ2) is 4.64. The molecule has 0 unspecified atom stereocenters. The summed E-state index contributed by atoms with van der Waals surface area (Å²) >= 11 is 0. The summed E-state index contributed by atoms with van der Waals surface area (Å²) in [6, 6.07) is 1.94. The third-order valence-corrected chi connectivity index (χ3v) is 1.94. The summed E-state index contributed by atoms with van der Waals surface area (Å²) in [6.07, 6.45) is 3.59. The molecule has 0 aromatic carbocycles. The van der Waals surface area contributed by atoms with Crippen molar-refractivity contribution in [2.45, 2.75) is 32.7 Å². The highest BCUT2D eigenvalue weighted by atomic mass is 16.4. The molecule has 1 aromatic heterocycles. The van der Waals surface area contributed by atoms with Crippen LogP contribution in [0.15, 0.2) is 12.3 Å². The molecule has 1 heterocycles. The molecule has 0 saturated heterocycles. The van der Waals surface area contributed by atoms with Crippen molar-refractivity contribution in [2.24, 2.45) is 0 Å². The zero-order valence-electron chi connectivity index (χ0n) is 7.73. The second-order valence-electron chi connectivity index (χ2n) is 3.05. The van der Waals surface area contributed by atoms with Crippen LogP contribution in [0.2, 0.25) is 0 Å². The first kappa shape index (κ1) is 9.77. The Balaban J connectivity index is 2.20. The lowest BCUT2D eigenvalue weighted by Crippen LogP contribution is -2.03. The lowest BCUT2D eigenvalue weighted by molar-refractivity contribution is -0.137.